The fourth-order valence-electron chi connectivity index (χ4n) is 4.68. The molecule has 8 heteroatoms. The molecule has 0 aromatic heterocycles. The Morgan fingerprint density at radius 2 is 1.15 bits per heavy atom. The van der Waals surface area contributed by atoms with Crippen molar-refractivity contribution in [1.29, 1.82) is 0 Å². The van der Waals surface area contributed by atoms with Crippen LogP contribution in [-0.2, 0) is 28.6 Å². The van der Waals surface area contributed by atoms with E-state index in [4.69, 9.17) is 8.37 Å². The van der Waals surface area contributed by atoms with Crippen molar-refractivity contribution in [3.63, 3.8) is 0 Å². The van der Waals surface area contributed by atoms with Crippen molar-refractivity contribution in [2.24, 2.45) is 23.7 Å². The summed E-state index contributed by atoms with van der Waals surface area (Å²) < 4.78 is 56.0. The third-order valence-electron chi connectivity index (χ3n) is 4.97. The lowest BCUT2D eigenvalue weighted by atomic mass is 9.92. The van der Waals surface area contributed by atoms with E-state index in [0.29, 0.717) is 30.6 Å². The zero-order valence-electron chi connectivity index (χ0n) is 11.6. The first-order valence-electron chi connectivity index (χ1n) is 6.90. The third kappa shape index (κ3) is 2.75. The molecule has 116 valence electrons. The quantitative estimate of drug-likeness (QED) is 0.709. The Bertz CT molecular complexity index is 543. The first kappa shape index (κ1) is 14.7. The topological polar surface area (TPSA) is 86.7 Å². The van der Waals surface area contributed by atoms with Gasteiger partial charge in [0.2, 0.25) is 0 Å². The molecule has 3 fully saturated rings. The minimum Gasteiger partial charge on any atom is -0.267 e. The van der Waals surface area contributed by atoms with Crippen molar-refractivity contribution in [3.05, 3.63) is 0 Å². The summed E-state index contributed by atoms with van der Waals surface area (Å²) in [6.07, 6.45) is 4.78. The average molecular weight is 324 g/mol. The first-order chi connectivity index (χ1) is 9.14. The maximum Gasteiger partial charge on any atom is 0.264 e. The molecular formula is C12H20O6S2. The Morgan fingerprint density at radius 3 is 1.50 bits per heavy atom. The summed E-state index contributed by atoms with van der Waals surface area (Å²) >= 11 is 0. The number of hydrogen-bond acceptors (Lipinski definition) is 6. The van der Waals surface area contributed by atoms with Crippen LogP contribution >= 0.6 is 0 Å². The Balaban J connectivity index is 1.85. The van der Waals surface area contributed by atoms with Gasteiger partial charge in [0.1, 0.15) is 0 Å². The molecule has 0 saturated heterocycles. The van der Waals surface area contributed by atoms with Crippen molar-refractivity contribution < 1.29 is 25.2 Å². The molecule has 2 unspecified atom stereocenters. The highest BCUT2D eigenvalue weighted by atomic mass is 32.2. The fraction of sp³-hybridized carbons (Fsp3) is 1.00. The Morgan fingerprint density at radius 1 is 0.750 bits per heavy atom. The molecule has 0 aliphatic heterocycles. The Kier molecular flexibility index (Phi) is 3.43. The van der Waals surface area contributed by atoms with Gasteiger partial charge in [0.15, 0.2) is 0 Å². The van der Waals surface area contributed by atoms with Crippen LogP contribution in [0.1, 0.15) is 25.7 Å². The summed E-state index contributed by atoms with van der Waals surface area (Å²) in [6.45, 7) is 0. The molecule has 0 radical (unpaired) electrons. The predicted molar refractivity (Wildman–Crippen MR) is 71.9 cm³/mol. The van der Waals surface area contributed by atoms with Crippen molar-refractivity contribution in [1.82, 2.24) is 0 Å². The molecular weight excluding hydrogens is 304 g/mol. The average Bonchev–Trinajstić information content (AvgIpc) is 2.81. The van der Waals surface area contributed by atoms with E-state index >= 15 is 0 Å². The zero-order valence-corrected chi connectivity index (χ0v) is 13.2. The SMILES string of the molecule is CS(=O)(=O)O[C@@H]1C[C@H]2CC[C@H]3C[C@@H](OS(C)(=O)=O)C1C23. The zero-order chi connectivity index (χ0) is 14.7. The normalized spacial score (nSPS) is 43.9. The molecule has 6 nitrogen and oxygen atoms in total. The second kappa shape index (κ2) is 4.66. The van der Waals surface area contributed by atoms with E-state index in [1.807, 2.05) is 0 Å². The van der Waals surface area contributed by atoms with Crippen LogP contribution in [0.4, 0.5) is 0 Å². The third-order valence-corrected chi connectivity index (χ3v) is 6.16. The van der Waals surface area contributed by atoms with Gasteiger partial charge in [-0.15, -0.1) is 0 Å². The van der Waals surface area contributed by atoms with Gasteiger partial charge in [-0.05, 0) is 43.4 Å². The van der Waals surface area contributed by atoms with Gasteiger partial charge in [-0.3, -0.25) is 8.37 Å². The van der Waals surface area contributed by atoms with Crippen LogP contribution in [0.15, 0.2) is 0 Å². The predicted octanol–water partition coefficient (Wildman–Crippen LogP) is 0.742. The Labute approximate surface area is 120 Å². The van der Waals surface area contributed by atoms with Crippen molar-refractivity contribution in [2.45, 2.75) is 37.9 Å². The van der Waals surface area contributed by atoms with E-state index in [9.17, 15) is 16.8 Å². The van der Waals surface area contributed by atoms with Gasteiger partial charge in [0.25, 0.3) is 20.2 Å². The highest BCUT2D eigenvalue weighted by molar-refractivity contribution is 7.86. The maximum absolute atomic E-state index is 11.4. The van der Waals surface area contributed by atoms with Crippen LogP contribution in [0.2, 0.25) is 0 Å². The second-order valence-electron chi connectivity index (χ2n) is 6.40. The van der Waals surface area contributed by atoms with Crippen molar-refractivity contribution >= 4 is 20.2 Å². The van der Waals surface area contributed by atoms with E-state index in [2.05, 4.69) is 0 Å². The van der Waals surface area contributed by atoms with Gasteiger partial charge >= 0.3 is 0 Å². The number of hydrogen-bond donors (Lipinski definition) is 0. The van der Waals surface area contributed by atoms with Gasteiger partial charge in [-0.1, -0.05) is 0 Å². The van der Waals surface area contributed by atoms with E-state index < -0.39 is 32.4 Å². The van der Waals surface area contributed by atoms with Crippen LogP contribution in [0.25, 0.3) is 0 Å². The highest BCUT2D eigenvalue weighted by Gasteiger charge is 2.59. The lowest BCUT2D eigenvalue weighted by molar-refractivity contribution is 0.0771. The smallest absolute Gasteiger partial charge is 0.264 e. The minimum atomic E-state index is -3.54. The van der Waals surface area contributed by atoms with Gasteiger partial charge in [-0.2, -0.15) is 16.8 Å². The summed E-state index contributed by atoms with van der Waals surface area (Å²) in [7, 11) is -7.07. The van der Waals surface area contributed by atoms with Gasteiger partial charge in [-0.25, -0.2) is 0 Å². The summed E-state index contributed by atoms with van der Waals surface area (Å²) in [6, 6.07) is 0. The molecule has 3 saturated carbocycles. The molecule has 0 N–H and O–H groups in total. The van der Waals surface area contributed by atoms with Crippen LogP contribution < -0.4 is 0 Å². The molecule has 0 heterocycles. The van der Waals surface area contributed by atoms with E-state index in [1.54, 1.807) is 0 Å². The van der Waals surface area contributed by atoms with Crippen LogP contribution in [-0.4, -0.2) is 41.6 Å². The molecule has 0 bridgehead atoms. The molecule has 0 aromatic carbocycles. The van der Waals surface area contributed by atoms with Crippen LogP contribution in [0.5, 0.6) is 0 Å². The summed E-state index contributed by atoms with van der Waals surface area (Å²) in [4.78, 5) is 0. The summed E-state index contributed by atoms with van der Waals surface area (Å²) in [5, 5.41) is 0. The molecule has 0 amide bonds. The van der Waals surface area contributed by atoms with Crippen molar-refractivity contribution in [3.8, 4) is 0 Å². The summed E-state index contributed by atoms with van der Waals surface area (Å²) in [5.41, 5.74) is 0. The second-order valence-corrected chi connectivity index (χ2v) is 9.60. The van der Waals surface area contributed by atoms with Crippen LogP contribution in [0.3, 0.4) is 0 Å². The Hall–Kier alpha value is -0.180. The van der Waals surface area contributed by atoms with Gasteiger partial charge in [0.05, 0.1) is 24.7 Å². The molecule has 3 aliphatic carbocycles. The van der Waals surface area contributed by atoms with Gasteiger partial charge < -0.3 is 0 Å². The fourth-order valence-corrected chi connectivity index (χ4v) is 5.99. The van der Waals surface area contributed by atoms with Gasteiger partial charge in [0, 0.05) is 5.92 Å². The standard InChI is InChI=1S/C12H20O6S2/c1-19(13,14)17-9-5-7-3-4-8-6-10(12(9)11(7)8)18-20(2,15)16/h7-12H,3-6H2,1-2H3/t7-,8+,9-,10-,11?,12?/m1/s1. The van der Waals surface area contributed by atoms with E-state index in [-0.39, 0.29) is 5.92 Å². The van der Waals surface area contributed by atoms with E-state index in [0.717, 1.165) is 25.4 Å². The molecule has 6 atom stereocenters. The largest absolute Gasteiger partial charge is 0.267 e. The van der Waals surface area contributed by atoms with Crippen molar-refractivity contribution in [2.75, 3.05) is 12.5 Å². The summed E-state index contributed by atoms with van der Waals surface area (Å²) in [5.74, 6) is 1.14. The highest BCUT2D eigenvalue weighted by Crippen LogP contribution is 2.60. The van der Waals surface area contributed by atoms with Crippen LogP contribution in [0, 0.1) is 23.7 Å². The molecule has 3 aliphatic rings. The lowest BCUT2D eigenvalue weighted by Gasteiger charge is -2.24. The molecule has 3 rings (SSSR count). The minimum absolute atomic E-state index is 0.114. The lowest BCUT2D eigenvalue weighted by Crippen LogP contribution is -2.33. The monoisotopic (exact) mass is 324 g/mol. The molecule has 0 spiro atoms. The number of rotatable bonds is 4. The van der Waals surface area contributed by atoms with E-state index in [1.165, 1.54) is 0 Å². The molecule has 0 aromatic rings. The maximum atomic E-state index is 11.4. The first-order valence-corrected chi connectivity index (χ1v) is 10.5. The molecule has 20 heavy (non-hydrogen) atoms.